The Labute approximate surface area is 161 Å². The average Bonchev–Trinajstić information content (AvgIpc) is 3.51. The SMILES string of the molecule is O=C(Nc1ccc(S(=O)(=O)NCC2CC2)cc1)N1CCN2CCCC[C@@H]2C1. The number of hydrogen-bond acceptors (Lipinski definition) is 4. The van der Waals surface area contributed by atoms with Crippen molar-refractivity contribution in [1.29, 1.82) is 0 Å². The van der Waals surface area contributed by atoms with Crippen LogP contribution in [0, 0.1) is 5.92 Å². The number of urea groups is 1. The van der Waals surface area contributed by atoms with Crippen molar-refractivity contribution in [2.45, 2.75) is 43.0 Å². The number of piperazine rings is 1. The smallest absolute Gasteiger partial charge is 0.321 e. The fourth-order valence-corrected chi connectivity index (χ4v) is 5.01. The van der Waals surface area contributed by atoms with Crippen LogP contribution in [-0.2, 0) is 10.0 Å². The number of anilines is 1. The van der Waals surface area contributed by atoms with Gasteiger partial charge in [-0.2, -0.15) is 0 Å². The fraction of sp³-hybridized carbons (Fsp3) is 0.632. The maximum atomic E-state index is 12.6. The Balaban J connectivity index is 1.33. The van der Waals surface area contributed by atoms with E-state index in [0.717, 1.165) is 45.4 Å². The number of rotatable bonds is 5. The van der Waals surface area contributed by atoms with Crippen molar-refractivity contribution in [2.24, 2.45) is 5.92 Å². The summed E-state index contributed by atoms with van der Waals surface area (Å²) < 4.78 is 27.2. The van der Waals surface area contributed by atoms with Crippen molar-refractivity contribution < 1.29 is 13.2 Å². The molecular weight excluding hydrogens is 364 g/mol. The van der Waals surface area contributed by atoms with Crippen LogP contribution >= 0.6 is 0 Å². The van der Waals surface area contributed by atoms with Crippen LogP contribution in [-0.4, -0.2) is 63.0 Å². The van der Waals surface area contributed by atoms with Crippen LogP contribution in [0.2, 0.25) is 0 Å². The predicted molar refractivity (Wildman–Crippen MR) is 104 cm³/mol. The van der Waals surface area contributed by atoms with E-state index < -0.39 is 10.0 Å². The number of hydrogen-bond donors (Lipinski definition) is 2. The summed E-state index contributed by atoms with van der Waals surface area (Å²) in [7, 11) is -3.47. The van der Waals surface area contributed by atoms with Crippen LogP contribution in [0.3, 0.4) is 0 Å². The fourth-order valence-electron chi connectivity index (χ4n) is 3.89. The molecule has 0 spiro atoms. The number of fused-ring (bicyclic) bond motifs is 1. The van der Waals surface area contributed by atoms with Gasteiger partial charge < -0.3 is 10.2 Å². The summed E-state index contributed by atoms with van der Waals surface area (Å²) in [5.74, 6) is 0.489. The molecule has 0 aromatic heterocycles. The van der Waals surface area contributed by atoms with Crippen molar-refractivity contribution in [2.75, 3.05) is 38.0 Å². The molecule has 8 heteroatoms. The lowest BCUT2D eigenvalue weighted by molar-refractivity contribution is 0.0678. The first-order chi connectivity index (χ1) is 13.0. The van der Waals surface area contributed by atoms with Gasteiger partial charge in [0.25, 0.3) is 0 Å². The van der Waals surface area contributed by atoms with Gasteiger partial charge in [-0.1, -0.05) is 6.42 Å². The summed E-state index contributed by atoms with van der Waals surface area (Å²) in [6.07, 6.45) is 5.85. The first-order valence-electron chi connectivity index (χ1n) is 9.91. The van der Waals surface area contributed by atoms with E-state index in [1.807, 2.05) is 4.90 Å². The molecule has 0 bridgehead atoms. The first kappa shape index (κ1) is 18.7. The highest BCUT2D eigenvalue weighted by Gasteiger charge is 2.31. The highest BCUT2D eigenvalue weighted by molar-refractivity contribution is 7.89. The lowest BCUT2D eigenvalue weighted by atomic mass is 10.00. The Bertz CT molecular complexity index is 777. The van der Waals surface area contributed by atoms with E-state index >= 15 is 0 Å². The third-order valence-electron chi connectivity index (χ3n) is 5.80. The zero-order chi connectivity index (χ0) is 18.9. The summed E-state index contributed by atoms with van der Waals surface area (Å²) >= 11 is 0. The molecule has 4 rings (SSSR count). The van der Waals surface area contributed by atoms with Crippen LogP contribution in [0.4, 0.5) is 10.5 Å². The van der Waals surface area contributed by atoms with Gasteiger partial charge in [0.1, 0.15) is 0 Å². The van der Waals surface area contributed by atoms with Gasteiger partial charge in [-0.25, -0.2) is 17.9 Å². The first-order valence-corrected chi connectivity index (χ1v) is 11.4. The highest BCUT2D eigenvalue weighted by atomic mass is 32.2. The van der Waals surface area contributed by atoms with Gasteiger partial charge in [-0.05, 0) is 62.4 Å². The van der Waals surface area contributed by atoms with Gasteiger partial charge in [-0.15, -0.1) is 0 Å². The van der Waals surface area contributed by atoms with Gasteiger partial charge in [0.15, 0.2) is 0 Å². The van der Waals surface area contributed by atoms with Crippen LogP contribution in [0.1, 0.15) is 32.1 Å². The summed E-state index contributed by atoms with van der Waals surface area (Å²) in [6.45, 7) is 4.09. The number of sulfonamides is 1. The highest BCUT2D eigenvalue weighted by Crippen LogP contribution is 2.28. The molecule has 2 N–H and O–H groups in total. The van der Waals surface area contributed by atoms with Gasteiger partial charge in [0, 0.05) is 37.9 Å². The van der Waals surface area contributed by atoms with Crippen LogP contribution in [0.25, 0.3) is 0 Å². The second-order valence-electron chi connectivity index (χ2n) is 7.88. The number of carbonyl (C=O) groups is 1. The zero-order valence-corrected chi connectivity index (χ0v) is 16.4. The summed E-state index contributed by atoms with van der Waals surface area (Å²) in [5.41, 5.74) is 0.618. The topological polar surface area (TPSA) is 81.7 Å². The van der Waals surface area contributed by atoms with Crippen molar-refractivity contribution in [3.8, 4) is 0 Å². The number of benzene rings is 1. The molecule has 1 aromatic rings. The van der Waals surface area contributed by atoms with E-state index in [-0.39, 0.29) is 10.9 Å². The molecule has 7 nitrogen and oxygen atoms in total. The Morgan fingerprint density at radius 3 is 2.56 bits per heavy atom. The lowest BCUT2D eigenvalue weighted by Crippen LogP contribution is -2.56. The minimum absolute atomic E-state index is 0.109. The monoisotopic (exact) mass is 392 g/mol. The van der Waals surface area contributed by atoms with Gasteiger partial charge >= 0.3 is 6.03 Å². The molecule has 1 aromatic carbocycles. The number of nitrogens with one attached hydrogen (secondary N) is 2. The molecule has 148 valence electrons. The molecule has 2 aliphatic heterocycles. The standard InChI is InChI=1S/C19H28N4O3S/c24-19(23-12-11-22-10-2-1-3-17(22)14-23)21-16-6-8-18(9-7-16)27(25,26)20-13-15-4-5-15/h6-9,15,17,20H,1-5,10-14H2,(H,21,24)/t17-/m1/s1. The quantitative estimate of drug-likeness (QED) is 0.804. The average molecular weight is 393 g/mol. The minimum Gasteiger partial charge on any atom is -0.322 e. The van der Waals surface area contributed by atoms with E-state index in [1.54, 1.807) is 24.3 Å². The largest absolute Gasteiger partial charge is 0.322 e. The van der Waals surface area contributed by atoms with Crippen molar-refractivity contribution in [3.63, 3.8) is 0 Å². The van der Waals surface area contributed by atoms with E-state index in [9.17, 15) is 13.2 Å². The molecule has 1 saturated carbocycles. The number of piperidine rings is 1. The van der Waals surface area contributed by atoms with Gasteiger partial charge in [0.2, 0.25) is 10.0 Å². The second-order valence-corrected chi connectivity index (χ2v) is 9.65. The summed E-state index contributed by atoms with van der Waals surface area (Å²) in [5, 5.41) is 2.90. The molecule has 0 radical (unpaired) electrons. The van der Waals surface area contributed by atoms with E-state index in [1.165, 1.54) is 12.8 Å². The van der Waals surface area contributed by atoms with Crippen LogP contribution in [0.5, 0.6) is 0 Å². The van der Waals surface area contributed by atoms with Crippen LogP contribution < -0.4 is 10.0 Å². The number of carbonyl (C=O) groups excluding carboxylic acids is 1. The minimum atomic E-state index is -3.47. The van der Waals surface area contributed by atoms with Crippen molar-refractivity contribution >= 4 is 21.7 Å². The molecule has 2 saturated heterocycles. The molecule has 1 aliphatic carbocycles. The maximum absolute atomic E-state index is 12.6. The molecule has 0 unspecified atom stereocenters. The van der Waals surface area contributed by atoms with E-state index in [0.29, 0.717) is 24.2 Å². The number of nitrogens with zero attached hydrogens (tertiary/aromatic N) is 2. The Morgan fingerprint density at radius 1 is 1.04 bits per heavy atom. The predicted octanol–water partition coefficient (Wildman–Crippen LogP) is 2.08. The molecule has 2 heterocycles. The maximum Gasteiger partial charge on any atom is 0.321 e. The normalized spacial score (nSPS) is 23.7. The van der Waals surface area contributed by atoms with Crippen molar-refractivity contribution in [3.05, 3.63) is 24.3 Å². The molecule has 27 heavy (non-hydrogen) atoms. The molecule has 2 amide bonds. The van der Waals surface area contributed by atoms with Crippen LogP contribution in [0.15, 0.2) is 29.2 Å². The third-order valence-corrected chi connectivity index (χ3v) is 7.24. The molecule has 1 atom stereocenters. The van der Waals surface area contributed by atoms with Gasteiger partial charge in [-0.3, -0.25) is 4.90 Å². The lowest BCUT2D eigenvalue weighted by Gasteiger charge is -2.43. The Hall–Kier alpha value is -1.64. The third kappa shape index (κ3) is 4.62. The Morgan fingerprint density at radius 2 is 1.81 bits per heavy atom. The zero-order valence-electron chi connectivity index (χ0n) is 15.6. The van der Waals surface area contributed by atoms with E-state index in [4.69, 9.17) is 0 Å². The number of amides is 2. The van der Waals surface area contributed by atoms with Crippen molar-refractivity contribution in [1.82, 2.24) is 14.5 Å². The summed E-state index contributed by atoms with van der Waals surface area (Å²) in [6, 6.07) is 6.76. The molecule has 3 aliphatic rings. The molecule has 3 fully saturated rings. The second kappa shape index (κ2) is 7.77. The van der Waals surface area contributed by atoms with E-state index in [2.05, 4.69) is 14.9 Å². The Kier molecular flexibility index (Phi) is 5.39. The summed E-state index contributed by atoms with van der Waals surface area (Å²) in [4.78, 5) is 17.2. The molecular formula is C19H28N4O3S. The van der Waals surface area contributed by atoms with Gasteiger partial charge in [0.05, 0.1) is 4.90 Å².